The summed E-state index contributed by atoms with van der Waals surface area (Å²) in [7, 11) is 0. The minimum atomic E-state index is 0.106. The lowest BCUT2D eigenvalue weighted by Crippen LogP contribution is -2.28. The molecule has 0 aliphatic carbocycles. The Hall–Kier alpha value is -0.630. The van der Waals surface area contributed by atoms with E-state index in [2.05, 4.69) is 72.4 Å². The molecule has 0 aliphatic heterocycles. The van der Waals surface area contributed by atoms with Gasteiger partial charge in [-0.2, -0.15) is 12.6 Å². The quantitative estimate of drug-likeness (QED) is 0.767. The molecule has 19 heavy (non-hydrogen) atoms. The first-order valence-corrected chi connectivity index (χ1v) is 7.62. The zero-order chi connectivity index (χ0) is 14.7. The highest BCUT2D eigenvalue weighted by molar-refractivity contribution is 7.80. The van der Waals surface area contributed by atoms with E-state index in [0.29, 0.717) is 5.92 Å². The largest absolute Gasteiger partial charge is 0.493 e. The monoisotopic (exact) mass is 280 g/mol. The predicted octanol–water partition coefficient (Wildman–Crippen LogP) is 4.96. The normalized spacial score (nSPS) is 14.3. The molecule has 0 bridgehead atoms. The summed E-state index contributed by atoms with van der Waals surface area (Å²) in [5, 5.41) is 0. The van der Waals surface area contributed by atoms with Gasteiger partial charge in [-0.25, -0.2) is 0 Å². The van der Waals surface area contributed by atoms with E-state index < -0.39 is 0 Å². The van der Waals surface area contributed by atoms with Crippen LogP contribution in [0, 0.1) is 11.3 Å². The molecule has 0 saturated carbocycles. The maximum Gasteiger partial charge on any atom is 0.123 e. The van der Waals surface area contributed by atoms with Crippen LogP contribution >= 0.6 is 12.6 Å². The van der Waals surface area contributed by atoms with Gasteiger partial charge in [0.15, 0.2) is 0 Å². The van der Waals surface area contributed by atoms with Gasteiger partial charge in [0.2, 0.25) is 0 Å². The van der Waals surface area contributed by atoms with Crippen molar-refractivity contribution in [3.8, 4) is 5.75 Å². The van der Waals surface area contributed by atoms with Crippen LogP contribution in [0.4, 0.5) is 0 Å². The summed E-state index contributed by atoms with van der Waals surface area (Å²) in [6, 6.07) is 8.34. The molecule has 108 valence electrons. The van der Waals surface area contributed by atoms with Gasteiger partial charge in [0, 0.05) is 5.92 Å². The molecular formula is C17H28OS. The fraction of sp³-hybridized carbons (Fsp3) is 0.647. The maximum absolute atomic E-state index is 6.09. The standard InChI is InChI=1S/C17H28OS/c1-16(2,3)13(12-19)11-18-15-10-8-7-9-14(15)17(4,5)6/h7-10,13,19H,11-12H2,1-6H3. The topological polar surface area (TPSA) is 9.23 Å². The molecule has 0 spiro atoms. The fourth-order valence-electron chi connectivity index (χ4n) is 1.98. The average molecular weight is 280 g/mol. The van der Waals surface area contributed by atoms with E-state index in [9.17, 15) is 0 Å². The van der Waals surface area contributed by atoms with Crippen molar-refractivity contribution in [2.45, 2.75) is 47.0 Å². The molecule has 1 rings (SSSR count). The van der Waals surface area contributed by atoms with Gasteiger partial charge in [-0.1, -0.05) is 59.7 Å². The molecule has 0 radical (unpaired) electrons. The second-order valence-electron chi connectivity index (χ2n) is 7.30. The van der Waals surface area contributed by atoms with Gasteiger partial charge < -0.3 is 4.74 Å². The highest BCUT2D eigenvalue weighted by Gasteiger charge is 2.25. The van der Waals surface area contributed by atoms with Crippen LogP contribution in [0.2, 0.25) is 0 Å². The van der Waals surface area contributed by atoms with Crippen molar-refractivity contribution in [2.24, 2.45) is 11.3 Å². The molecule has 0 amide bonds. The molecule has 1 atom stereocenters. The predicted molar refractivity (Wildman–Crippen MR) is 87.4 cm³/mol. The summed E-state index contributed by atoms with van der Waals surface area (Å²) in [6.07, 6.45) is 0. The molecule has 0 aliphatic rings. The van der Waals surface area contributed by atoms with E-state index in [-0.39, 0.29) is 10.8 Å². The van der Waals surface area contributed by atoms with Crippen LogP contribution < -0.4 is 4.74 Å². The zero-order valence-corrected chi connectivity index (χ0v) is 14.1. The van der Waals surface area contributed by atoms with Crippen LogP contribution in [0.5, 0.6) is 5.75 Å². The molecule has 1 aromatic rings. The second-order valence-corrected chi connectivity index (χ2v) is 7.67. The second kappa shape index (κ2) is 6.21. The van der Waals surface area contributed by atoms with Gasteiger partial charge in [0.25, 0.3) is 0 Å². The van der Waals surface area contributed by atoms with Crippen molar-refractivity contribution in [1.29, 1.82) is 0 Å². The Morgan fingerprint density at radius 2 is 1.63 bits per heavy atom. The molecule has 1 aromatic carbocycles. The van der Waals surface area contributed by atoms with Gasteiger partial charge in [-0.15, -0.1) is 0 Å². The number of ether oxygens (including phenoxy) is 1. The average Bonchev–Trinajstić information content (AvgIpc) is 2.27. The van der Waals surface area contributed by atoms with Crippen LogP contribution in [0.25, 0.3) is 0 Å². The summed E-state index contributed by atoms with van der Waals surface area (Å²) in [5.74, 6) is 2.30. The Balaban J connectivity index is 2.84. The zero-order valence-electron chi connectivity index (χ0n) is 13.2. The Morgan fingerprint density at radius 3 is 2.11 bits per heavy atom. The number of hydrogen-bond donors (Lipinski definition) is 1. The maximum atomic E-state index is 6.09. The molecule has 0 saturated heterocycles. The van der Waals surface area contributed by atoms with E-state index in [1.807, 2.05) is 6.07 Å². The Morgan fingerprint density at radius 1 is 1.05 bits per heavy atom. The SMILES string of the molecule is CC(C)(C)c1ccccc1OCC(CS)C(C)(C)C. The Bertz CT molecular complexity index is 398. The molecule has 1 unspecified atom stereocenters. The summed E-state index contributed by atoms with van der Waals surface area (Å²) >= 11 is 4.46. The van der Waals surface area contributed by atoms with Gasteiger partial charge in [0.1, 0.15) is 5.75 Å². The molecule has 0 N–H and O–H groups in total. The van der Waals surface area contributed by atoms with E-state index >= 15 is 0 Å². The lowest BCUT2D eigenvalue weighted by molar-refractivity contribution is 0.163. The summed E-state index contributed by atoms with van der Waals surface area (Å²) in [4.78, 5) is 0. The first kappa shape index (κ1) is 16.4. The van der Waals surface area contributed by atoms with Gasteiger partial charge in [-0.05, 0) is 28.2 Å². The number of thiol groups is 1. The van der Waals surface area contributed by atoms with Gasteiger partial charge >= 0.3 is 0 Å². The summed E-state index contributed by atoms with van der Waals surface area (Å²) in [6.45, 7) is 14.1. The number of para-hydroxylation sites is 1. The van der Waals surface area contributed by atoms with Crippen LogP contribution in [-0.4, -0.2) is 12.4 Å². The molecule has 0 fully saturated rings. The van der Waals surface area contributed by atoms with Crippen molar-refractivity contribution >= 4 is 12.6 Å². The highest BCUT2D eigenvalue weighted by Crippen LogP contribution is 2.33. The van der Waals surface area contributed by atoms with E-state index in [1.54, 1.807) is 0 Å². The highest BCUT2D eigenvalue weighted by atomic mass is 32.1. The summed E-state index contributed by atoms with van der Waals surface area (Å²) in [5.41, 5.74) is 1.59. The first-order chi connectivity index (χ1) is 8.66. The fourth-order valence-corrected chi connectivity index (χ4v) is 2.63. The van der Waals surface area contributed by atoms with E-state index in [0.717, 1.165) is 18.1 Å². The molecular weight excluding hydrogens is 252 g/mol. The van der Waals surface area contributed by atoms with Crippen LogP contribution in [0.3, 0.4) is 0 Å². The van der Waals surface area contributed by atoms with Crippen molar-refractivity contribution in [3.63, 3.8) is 0 Å². The minimum absolute atomic E-state index is 0.106. The Kier molecular flexibility index (Phi) is 5.37. The lowest BCUT2D eigenvalue weighted by Gasteiger charge is -2.30. The van der Waals surface area contributed by atoms with Crippen molar-refractivity contribution in [3.05, 3.63) is 29.8 Å². The van der Waals surface area contributed by atoms with E-state index in [1.165, 1.54) is 5.56 Å². The third-order valence-corrected chi connectivity index (χ3v) is 4.02. The van der Waals surface area contributed by atoms with Crippen molar-refractivity contribution < 1.29 is 4.74 Å². The van der Waals surface area contributed by atoms with Crippen LogP contribution in [0.15, 0.2) is 24.3 Å². The number of benzene rings is 1. The molecule has 0 aromatic heterocycles. The first-order valence-electron chi connectivity index (χ1n) is 6.99. The smallest absolute Gasteiger partial charge is 0.123 e. The molecule has 0 heterocycles. The molecule has 2 heteroatoms. The third-order valence-electron chi connectivity index (χ3n) is 3.58. The summed E-state index contributed by atoms with van der Waals surface area (Å²) < 4.78 is 6.09. The Labute approximate surface area is 124 Å². The van der Waals surface area contributed by atoms with Gasteiger partial charge in [-0.3, -0.25) is 0 Å². The lowest BCUT2D eigenvalue weighted by atomic mass is 9.82. The minimum Gasteiger partial charge on any atom is -0.493 e. The van der Waals surface area contributed by atoms with Crippen molar-refractivity contribution in [1.82, 2.24) is 0 Å². The molecule has 1 nitrogen and oxygen atoms in total. The third kappa shape index (κ3) is 4.76. The van der Waals surface area contributed by atoms with Crippen LogP contribution in [0.1, 0.15) is 47.1 Å². The number of rotatable bonds is 4. The number of hydrogen-bond acceptors (Lipinski definition) is 2. The van der Waals surface area contributed by atoms with E-state index in [4.69, 9.17) is 4.74 Å². The van der Waals surface area contributed by atoms with Crippen molar-refractivity contribution in [2.75, 3.05) is 12.4 Å². The van der Waals surface area contributed by atoms with Crippen LogP contribution in [-0.2, 0) is 5.41 Å². The van der Waals surface area contributed by atoms with Gasteiger partial charge in [0.05, 0.1) is 6.61 Å².